The molecule has 2 aliphatic rings. The highest BCUT2D eigenvalue weighted by molar-refractivity contribution is 6.02. The largest absolute Gasteiger partial charge is 0.378 e. The number of morpholine rings is 1. The van der Waals surface area contributed by atoms with E-state index in [0.717, 1.165) is 37.3 Å². The zero-order valence-corrected chi connectivity index (χ0v) is 13.1. The lowest BCUT2D eigenvalue weighted by Crippen LogP contribution is -2.55. The number of likely N-dealkylation sites (N-methyl/N-ethyl adjacent to an activating group) is 1. The average Bonchev–Trinajstić information content (AvgIpc) is 2.46. The Hall–Kier alpha value is -1.39. The van der Waals surface area contributed by atoms with Crippen LogP contribution >= 0.6 is 0 Å². The molecule has 1 aromatic carbocycles. The number of para-hydroxylation sites is 1. The maximum Gasteiger partial charge on any atom is 0.168 e. The van der Waals surface area contributed by atoms with Crippen LogP contribution in [0.2, 0.25) is 0 Å². The van der Waals surface area contributed by atoms with Crippen molar-refractivity contribution in [2.75, 3.05) is 39.3 Å². The van der Waals surface area contributed by atoms with Gasteiger partial charge in [-0.1, -0.05) is 12.1 Å². The van der Waals surface area contributed by atoms with Gasteiger partial charge in [0, 0.05) is 43.3 Å². The van der Waals surface area contributed by atoms with Gasteiger partial charge < -0.3 is 9.64 Å². The molecular weight excluding hydrogens is 264 g/mol. The summed E-state index contributed by atoms with van der Waals surface area (Å²) in [6.45, 7) is 1.51. The molecule has 2 aliphatic heterocycles. The monoisotopic (exact) mass is 288 g/mol. The van der Waals surface area contributed by atoms with Crippen molar-refractivity contribution in [2.24, 2.45) is 5.92 Å². The summed E-state index contributed by atoms with van der Waals surface area (Å²) in [4.78, 5) is 17.4. The molecule has 3 rings (SSSR count). The summed E-state index contributed by atoms with van der Waals surface area (Å²) in [5.74, 6) is 0.422. The van der Waals surface area contributed by atoms with Gasteiger partial charge in [-0.2, -0.15) is 0 Å². The molecule has 2 fully saturated rings. The standard InChI is InChI=1S/C17H24N2O2/c1-18(2)16-7-5-4-6-15(16)17(20)12-8-13-10-21-11-14(9-12)19(13)3/h4-7,12-14H,8-11H2,1-3H3. The van der Waals surface area contributed by atoms with Crippen molar-refractivity contribution in [1.29, 1.82) is 0 Å². The molecule has 2 unspecified atom stereocenters. The Balaban J connectivity index is 1.83. The van der Waals surface area contributed by atoms with Crippen LogP contribution in [0.15, 0.2) is 24.3 Å². The summed E-state index contributed by atoms with van der Waals surface area (Å²) in [6, 6.07) is 8.70. The molecule has 0 saturated carbocycles. The number of fused-ring (bicyclic) bond motifs is 2. The Morgan fingerprint density at radius 2 is 1.81 bits per heavy atom. The third-order valence-electron chi connectivity index (χ3n) is 4.91. The first-order valence-corrected chi connectivity index (χ1v) is 7.68. The van der Waals surface area contributed by atoms with Crippen molar-refractivity contribution >= 4 is 11.5 Å². The van der Waals surface area contributed by atoms with Crippen LogP contribution in [-0.2, 0) is 4.74 Å². The Kier molecular flexibility index (Phi) is 4.00. The van der Waals surface area contributed by atoms with E-state index in [1.165, 1.54) is 0 Å². The first-order valence-electron chi connectivity index (χ1n) is 7.68. The molecule has 4 nitrogen and oxygen atoms in total. The van der Waals surface area contributed by atoms with Gasteiger partial charge in [-0.15, -0.1) is 0 Å². The van der Waals surface area contributed by atoms with E-state index in [4.69, 9.17) is 4.74 Å². The highest BCUT2D eigenvalue weighted by Crippen LogP contribution is 2.34. The van der Waals surface area contributed by atoms with E-state index in [1.54, 1.807) is 0 Å². The summed E-state index contributed by atoms with van der Waals surface area (Å²) in [6.07, 6.45) is 1.82. The molecule has 0 radical (unpaired) electrons. The molecule has 0 amide bonds. The normalized spacial score (nSPS) is 29.2. The first kappa shape index (κ1) is 14.5. The number of hydrogen-bond donors (Lipinski definition) is 0. The highest BCUT2D eigenvalue weighted by Gasteiger charge is 2.39. The molecule has 2 heterocycles. The summed E-state index contributed by atoms with van der Waals surface area (Å²) in [7, 11) is 6.14. The molecule has 21 heavy (non-hydrogen) atoms. The quantitative estimate of drug-likeness (QED) is 0.797. The lowest BCUT2D eigenvalue weighted by atomic mass is 9.80. The molecule has 0 N–H and O–H groups in total. The van der Waals surface area contributed by atoms with Gasteiger partial charge >= 0.3 is 0 Å². The second kappa shape index (κ2) is 5.78. The van der Waals surface area contributed by atoms with Gasteiger partial charge in [0.05, 0.1) is 13.2 Å². The van der Waals surface area contributed by atoms with E-state index >= 15 is 0 Å². The second-order valence-electron chi connectivity index (χ2n) is 6.45. The summed E-state index contributed by atoms with van der Waals surface area (Å²) in [5.41, 5.74) is 1.87. The van der Waals surface area contributed by atoms with Crippen molar-refractivity contribution in [1.82, 2.24) is 4.90 Å². The number of ketones is 1. The van der Waals surface area contributed by atoms with Gasteiger partial charge in [-0.3, -0.25) is 9.69 Å². The molecule has 114 valence electrons. The van der Waals surface area contributed by atoms with Gasteiger partial charge in [-0.05, 0) is 32.0 Å². The van der Waals surface area contributed by atoms with Crippen LogP contribution in [0.4, 0.5) is 5.69 Å². The van der Waals surface area contributed by atoms with Crippen molar-refractivity contribution in [3.63, 3.8) is 0 Å². The predicted octanol–water partition coefficient (Wildman–Crippen LogP) is 2.04. The van der Waals surface area contributed by atoms with Crippen LogP contribution in [0, 0.1) is 5.92 Å². The van der Waals surface area contributed by atoms with Crippen molar-refractivity contribution in [3.05, 3.63) is 29.8 Å². The molecule has 2 bridgehead atoms. The molecule has 1 aromatic rings. The fourth-order valence-electron chi connectivity index (χ4n) is 3.60. The Labute approximate surface area is 126 Å². The molecule has 4 heteroatoms. The molecular formula is C17H24N2O2. The average molecular weight is 288 g/mol. The molecule has 2 saturated heterocycles. The zero-order chi connectivity index (χ0) is 15.0. The third kappa shape index (κ3) is 2.70. The van der Waals surface area contributed by atoms with E-state index < -0.39 is 0 Å². The summed E-state index contributed by atoms with van der Waals surface area (Å²) < 4.78 is 5.64. The number of rotatable bonds is 3. The number of benzene rings is 1. The number of carbonyl (C=O) groups is 1. The van der Waals surface area contributed by atoms with E-state index in [2.05, 4.69) is 11.9 Å². The third-order valence-corrected chi connectivity index (χ3v) is 4.91. The van der Waals surface area contributed by atoms with Crippen molar-refractivity contribution in [2.45, 2.75) is 24.9 Å². The van der Waals surface area contributed by atoms with Crippen LogP contribution in [0.1, 0.15) is 23.2 Å². The van der Waals surface area contributed by atoms with Crippen LogP contribution < -0.4 is 4.90 Å². The number of ether oxygens (including phenoxy) is 1. The van der Waals surface area contributed by atoms with Crippen LogP contribution in [-0.4, -0.2) is 57.1 Å². The Morgan fingerprint density at radius 3 is 2.43 bits per heavy atom. The smallest absolute Gasteiger partial charge is 0.168 e. The minimum absolute atomic E-state index is 0.126. The fourth-order valence-corrected chi connectivity index (χ4v) is 3.60. The Morgan fingerprint density at radius 1 is 1.19 bits per heavy atom. The first-order chi connectivity index (χ1) is 10.1. The van der Waals surface area contributed by atoms with Crippen LogP contribution in [0.25, 0.3) is 0 Å². The summed E-state index contributed by atoms with van der Waals surface area (Å²) >= 11 is 0. The van der Waals surface area contributed by atoms with E-state index in [9.17, 15) is 4.79 Å². The number of anilines is 1. The minimum Gasteiger partial charge on any atom is -0.378 e. The maximum absolute atomic E-state index is 13.0. The number of hydrogen-bond acceptors (Lipinski definition) is 4. The van der Waals surface area contributed by atoms with Gasteiger partial charge in [0.25, 0.3) is 0 Å². The number of piperidine rings is 1. The SMILES string of the molecule is CN(C)c1ccccc1C(=O)C1CC2COCC(C1)N2C. The van der Waals surface area contributed by atoms with E-state index in [0.29, 0.717) is 17.9 Å². The number of nitrogens with zero attached hydrogens (tertiary/aromatic N) is 2. The van der Waals surface area contributed by atoms with Crippen molar-refractivity contribution < 1.29 is 9.53 Å². The summed E-state index contributed by atoms with van der Waals surface area (Å²) in [5, 5.41) is 0. The molecule has 0 spiro atoms. The number of carbonyl (C=O) groups excluding carboxylic acids is 1. The topological polar surface area (TPSA) is 32.8 Å². The molecule has 0 aromatic heterocycles. The van der Waals surface area contributed by atoms with Gasteiger partial charge in [0.1, 0.15) is 0 Å². The fraction of sp³-hybridized carbons (Fsp3) is 0.588. The van der Waals surface area contributed by atoms with E-state index in [1.807, 2.05) is 43.3 Å². The molecule has 0 aliphatic carbocycles. The maximum atomic E-state index is 13.0. The van der Waals surface area contributed by atoms with Crippen LogP contribution in [0.3, 0.4) is 0 Å². The zero-order valence-electron chi connectivity index (χ0n) is 13.1. The lowest BCUT2D eigenvalue weighted by Gasteiger charge is -2.46. The predicted molar refractivity (Wildman–Crippen MR) is 84.0 cm³/mol. The van der Waals surface area contributed by atoms with Gasteiger partial charge in [0.2, 0.25) is 0 Å². The van der Waals surface area contributed by atoms with Gasteiger partial charge in [0.15, 0.2) is 5.78 Å². The molecule has 2 atom stereocenters. The second-order valence-corrected chi connectivity index (χ2v) is 6.45. The minimum atomic E-state index is 0.126. The van der Waals surface area contributed by atoms with Crippen molar-refractivity contribution in [3.8, 4) is 0 Å². The van der Waals surface area contributed by atoms with E-state index in [-0.39, 0.29) is 5.92 Å². The Bertz CT molecular complexity index is 515. The van der Waals surface area contributed by atoms with Gasteiger partial charge in [-0.25, -0.2) is 0 Å². The highest BCUT2D eigenvalue weighted by atomic mass is 16.5. The lowest BCUT2D eigenvalue weighted by molar-refractivity contribution is -0.0702. The number of Topliss-reactive ketones (excluding diaryl/α,β-unsaturated/α-hetero) is 1. The van der Waals surface area contributed by atoms with Crippen LogP contribution in [0.5, 0.6) is 0 Å².